The van der Waals surface area contributed by atoms with Crippen molar-refractivity contribution in [1.82, 2.24) is 0 Å². The number of carboxylic acids is 3. The van der Waals surface area contributed by atoms with E-state index in [-0.39, 0.29) is 7.43 Å². The van der Waals surface area contributed by atoms with Crippen molar-refractivity contribution in [3.63, 3.8) is 0 Å². The Morgan fingerprint density at radius 1 is 0.909 bits per heavy atom. The van der Waals surface area contributed by atoms with E-state index in [9.17, 15) is 14.4 Å². The van der Waals surface area contributed by atoms with E-state index in [1.807, 2.05) is 12.1 Å². The number of aliphatic hydroxyl groups is 1. The molecule has 0 spiro atoms. The van der Waals surface area contributed by atoms with Gasteiger partial charge >= 0.3 is 17.9 Å². The summed E-state index contributed by atoms with van der Waals surface area (Å²) in [5.74, 6) is -5.02. The average molecular weight is 316 g/mol. The number of nitrogen functional groups attached to an aromatic ring is 2. The molecule has 0 heterocycles. The van der Waals surface area contributed by atoms with Crippen LogP contribution in [0.3, 0.4) is 0 Å². The molecule has 0 unspecified atom stereocenters. The van der Waals surface area contributed by atoms with E-state index in [0.29, 0.717) is 11.4 Å². The van der Waals surface area contributed by atoms with Crippen molar-refractivity contribution < 1.29 is 34.8 Å². The van der Waals surface area contributed by atoms with Gasteiger partial charge in [-0.3, -0.25) is 9.59 Å². The van der Waals surface area contributed by atoms with Crippen LogP contribution in [-0.4, -0.2) is 43.9 Å². The lowest BCUT2D eigenvalue weighted by atomic mass is 9.96. The molecule has 0 saturated heterocycles. The van der Waals surface area contributed by atoms with Crippen LogP contribution in [-0.2, 0) is 14.4 Å². The Kier molecular flexibility index (Phi) is 8.97. The largest absolute Gasteiger partial charge is 0.481 e. The molecular weight excluding hydrogens is 296 g/mol. The van der Waals surface area contributed by atoms with Crippen LogP contribution >= 0.6 is 0 Å². The maximum atomic E-state index is 10.3. The van der Waals surface area contributed by atoms with Gasteiger partial charge in [0.15, 0.2) is 5.60 Å². The molecule has 22 heavy (non-hydrogen) atoms. The fraction of sp³-hybridized carbons (Fsp3) is 0.308. The zero-order chi connectivity index (χ0) is 16.6. The molecule has 9 heteroatoms. The van der Waals surface area contributed by atoms with Crippen molar-refractivity contribution in [3.8, 4) is 0 Å². The van der Waals surface area contributed by atoms with E-state index in [2.05, 4.69) is 0 Å². The molecule has 0 atom stereocenters. The van der Waals surface area contributed by atoms with Crippen LogP contribution in [0.5, 0.6) is 0 Å². The fourth-order valence-electron chi connectivity index (χ4n) is 1.22. The molecule has 0 aliphatic rings. The standard InChI is InChI=1S/C6H8N2.C6H8O7.CH4/c7-5-3-1-2-4-6(5)8;7-3(8)1-6(13,5(11)12)2-4(9)10;/h1-4H,7-8H2;13H,1-2H2,(H,7,8)(H,9,10)(H,11,12);1H4. The molecule has 0 aromatic heterocycles. The monoisotopic (exact) mass is 316 g/mol. The molecule has 0 saturated carbocycles. The first-order valence-electron chi connectivity index (χ1n) is 5.58. The second kappa shape index (κ2) is 9.19. The zero-order valence-corrected chi connectivity index (χ0v) is 10.9. The van der Waals surface area contributed by atoms with Crippen LogP contribution in [0.4, 0.5) is 11.4 Å². The van der Waals surface area contributed by atoms with Gasteiger partial charge < -0.3 is 31.9 Å². The Morgan fingerprint density at radius 2 is 1.23 bits per heavy atom. The molecule has 1 aromatic rings. The maximum Gasteiger partial charge on any atom is 0.336 e. The third-order valence-electron chi connectivity index (χ3n) is 2.28. The van der Waals surface area contributed by atoms with Crippen molar-refractivity contribution in [2.24, 2.45) is 0 Å². The lowest BCUT2D eigenvalue weighted by Crippen LogP contribution is -2.42. The fourth-order valence-corrected chi connectivity index (χ4v) is 1.22. The van der Waals surface area contributed by atoms with Crippen molar-refractivity contribution in [1.29, 1.82) is 0 Å². The summed E-state index contributed by atoms with van der Waals surface area (Å²) in [6.07, 6.45) is -2.29. The average Bonchev–Trinajstić information content (AvgIpc) is 2.31. The number of benzene rings is 1. The van der Waals surface area contributed by atoms with Gasteiger partial charge in [0.1, 0.15) is 0 Å². The highest BCUT2D eigenvalue weighted by molar-refractivity contribution is 5.88. The Hall–Kier alpha value is -2.81. The highest BCUT2D eigenvalue weighted by Gasteiger charge is 2.40. The summed E-state index contributed by atoms with van der Waals surface area (Å²) in [6, 6.07) is 7.25. The zero-order valence-electron chi connectivity index (χ0n) is 10.9. The third kappa shape index (κ3) is 7.70. The molecule has 0 fully saturated rings. The topological polar surface area (TPSA) is 184 Å². The summed E-state index contributed by atoms with van der Waals surface area (Å²) in [5.41, 5.74) is 9.34. The van der Waals surface area contributed by atoms with E-state index in [0.717, 1.165) is 0 Å². The second-order valence-corrected chi connectivity index (χ2v) is 4.11. The van der Waals surface area contributed by atoms with Crippen molar-refractivity contribution in [2.75, 3.05) is 11.5 Å². The first-order chi connectivity index (χ1) is 9.58. The lowest BCUT2D eigenvalue weighted by molar-refractivity contribution is -0.170. The molecule has 0 aliphatic carbocycles. The summed E-state index contributed by atoms with van der Waals surface area (Å²) in [6.45, 7) is 0. The molecule has 0 bridgehead atoms. The van der Waals surface area contributed by atoms with Crippen LogP contribution in [0.25, 0.3) is 0 Å². The predicted molar refractivity (Wildman–Crippen MR) is 79.1 cm³/mol. The minimum atomic E-state index is -2.74. The minimum Gasteiger partial charge on any atom is -0.481 e. The number of hydrogen-bond donors (Lipinski definition) is 6. The minimum absolute atomic E-state index is 0. The van der Waals surface area contributed by atoms with Gasteiger partial charge in [-0.15, -0.1) is 0 Å². The first kappa shape index (κ1) is 21.5. The molecule has 1 aromatic carbocycles. The van der Waals surface area contributed by atoms with E-state index in [4.69, 9.17) is 31.9 Å². The molecule has 0 radical (unpaired) electrons. The van der Waals surface area contributed by atoms with Crippen LogP contribution in [0.1, 0.15) is 20.3 Å². The Bertz CT molecular complexity index is 494. The van der Waals surface area contributed by atoms with Crippen molar-refractivity contribution in [2.45, 2.75) is 25.9 Å². The van der Waals surface area contributed by atoms with Crippen LogP contribution in [0.15, 0.2) is 24.3 Å². The summed E-state index contributed by atoms with van der Waals surface area (Å²) < 4.78 is 0. The van der Waals surface area contributed by atoms with Gasteiger partial charge in [-0.2, -0.15) is 0 Å². The lowest BCUT2D eigenvalue weighted by Gasteiger charge is -2.18. The molecule has 9 nitrogen and oxygen atoms in total. The molecular formula is C13H20N2O7. The summed E-state index contributed by atoms with van der Waals surface area (Å²) in [7, 11) is 0. The predicted octanol–water partition coefficient (Wildman–Crippen LogP) is 0.239. The van der Waals surface area contributed by atoms with E-state index >= 15 is 0 Å². The SMILES string of the molecule is C.Nc1ccccc1N.O=C(O)CC(O)(CC(=O)O)C(=O)O. The number of aliphatic carboxylic acids is 3. The number of nitrogens with two attached hydrogens (primary N) is 2. The summed E-state index contributed by atoms with van der Waals surface area (Å²) >= 11 is 0. The Morgan fingerprint density at radius 3 is 1.41 bits per heavy atom. The normalized spacial score (nSPS) is 9.68. The third-order valence-corrected chi connectivity index (χ3v) is 2.28. The number of rotatable bonds is 5. The number of carboxylic acid groups (broad SMARTS) is 3. The van der Waals surface area contributed by atoms with Crippen LogP contribution in [0.2, 0.25) is 0 Å². The first-order valence-corrected chi connectivity index (χ1v) is 5.58. The van der Waals surface area contributed by atoms with Gasteiger partial charge in [-0.05, 0) is 12.1 Å². The smallest absolute Gasteiger partial charge is 0.336 e. The van der Waals surface area contributed by atoms with Crippen molar-refractivity contribution >= 4 is 29.3 Å². The molecule has 8 N–H and O–H groups in total. The maximum absolute atomic E-state index is 10.3. The molecule has 0 amide bonds. The highest BCUT2D eigenvalue weighted by Crippen LogP contribution is 2.15. The van der Waals surface area contributed by atoms with E-state index < -0.39 is 36.4 Å². The van der Waals surface area contributed by atoms with Crippen molar-refractivity contribution in [3.05, 3.63) is 24.3 Å². The summed E-state index contributed by atoms with van der Waals surface area (Å²) in [4.78, 5) is 30.5. The number of anilines is 2. The van der Waals surface area contributed by atoms with E-state index in [1.165, 1.54) is 0 Å². The molecule has 1 rings (SSSR count). The second-order valence-electron chi connectivity index (χ2n) is 4.11. The number of para-hydroxylation sites is 2. The quantitative estimate of drug-likeness (QED) is 0.414. The Labute approximate surface area is 126 Å². The van der Waals surface area contributed by atoms with Gasteiger partial charge in [0.2, 0.25) is 0 Å². The van der Waals surface area contributed by atoms with E-state index in [1.54, 1.807) is 12.1 Å². The number of hydrogen-bond acceptors (Lipinski definition) is 6. The Balaban J connectivity index is 0. The molecule has 0 aliphatic heterocycles. The van der Waals surface area contributed by atoms with Gasteiger partial charge in [0.05, 0.1) is 24.2 Å². The number of carbonyl (C=O) groups is 3. The van der Waals surface area contributed by atoms with Gasteiger partial charge in [-0.1, -0.05) is 19.6 Å². The van der Waals surface area contributed by atoms with Gasteiger partial charge in [0.25, 0.3) is 0 Å². The van der Waals surface area contributed by atoms with Crippen LogP contribution < -0.4 is 11.5 Å². The van der Waals surface area contributed by atoms with Crippen LogP contribution in [0, 0.1) is 0 Å². The highest BCUT2D eigenvalue weighted by atomic mass is 16.4. The molecule has 124 valence electrons. The summed E-state index contributed by atoms with van der Waals surface area (Å²) in [5, 5.41) is 33.8. The van der Waals surface area contributed by atoms with Gasteiger partial charge in [0, 0.05) is 0 Å². The van der Waals surface area contributed by atoms with Gasteiger partial charge in [-0.25, -0.2) is 4.79 Å².